The van der Waals surface area contributed by atoms with Crippen LogP contribution in [-0.2, 0) is 13.0 Å². The van der Waals surface area contributed by atoms with Crippen molar-refractivity contribution < 1.29 is 9.21 Å². The number of halogens is 2. The van der Waals surface area contributed by atoms with Crippen LogP contribution in [0.5, 0.6) is 0 Å². The van der Waals surface area contributed by atoms with E-state index in [0.29, 0.717) is 46.5 Å². The van der Waals surface area contributed by atoms with Crippen LogP contribution in [0, 0.1) is 0 Å². The van der Waals surface area contributed by atoms with Crippen molar-refractivity contribution in [2.24, 2.45) is 0 Å². The van der Waals surface area contributed by atoms with E-state index in [9.17, 15) is 4.79 Å². The molecular formula is C26H25Cl2N5O2. The Bertz CT molecular complexity index is 1320. The highest BCUT2D eigenvalue weighted by Gasteiger charge is 2.23. The number of carbonyl (C=O) groups excluding carboxylic acids is 1. The average molecular weight is 510 g/mol. The van der Waals surface area contributed by atoms with Crippen molar-refractivity contribution in [2.45, 2.75) is 50.7 Å². The van der Waals surface area contributed by atoms with E-state index < -0.39 is 0 Å². The van der Waals surface area contributed by atoms with Gasteiger partial charge in [0.25, 0.3) is 5.91 Å². The fourth-order valence-corrected chi connectivity index (χ4v) is 4.67. The van der Waals surface area contributed by atoms with Gasteiger partial charge in [0.2, 0.25) is 11.8 Å². The minimum Gasteiger partial charge on any atom is -0.424 e. The van der Waals surface area contributed by atoms with Gasteiger partial charge in [-0.2, -0.15) is 0 Å². The summed E-state index contributed by atoms with van der Waals surface area (Å²) in [7, 11) is 0. The molecule has 0 unspecified atom stereocenters. The van der Waals surface area contributed by atoms with Crippen molar-refractivity contribution in [1.29, 1.82) is 0 Å². The van der Waals surface area contributed by atoms with E-state index in [4.69, 9.17) is 27.6 Å². The number of carbonyl (C=O) groups is 1. The summed E-state index contributed by atoms with van der Waals surface area (Å²) in [6, 6.07) is 17.2. The Hall–Kier alpha value is -3.00. The number of rotatable bonds is 7. The first kappa shape index (κ1) is 23.7. The van der Waals surface area contributed by atoms with E-state index in [-0.39, 0.29) is 11.9 Å². The first-order valence-corrected chi connectivity index (χ1v) is 12.4. The summed E-state index contributed by atoms with van der Waals surface area (Å²) in [5.74, 6) is 1.02. The minimum atomic E-state index is -0.141. The van der Waals surface area contributed by atoms with E-state index in [2.05, 4.69) is 25.8 Å². The molecule has 0 spiro atoms. The van der Waals surface area contributed by atoms with Gasteiger partial charge in [-0.3, -0.25) is 4.79 Å². The quantitative estimate of drug-likeness (QED) is 0.349. The Labute approximate surface area is 213 Å². The third-order valence-corrected chi connectivity index (χ3v) is 6.75. The molecule has 1 aliphatic carbocycles. The molecule has 1 fully saturated rings. The molecule has 4 aromatic rings. The summed E-state index contributed by atoms with van der Waals surface area (Å²) < 4.78 is 5.78. The standard InChI is InChI=1S/C26H25Cl2N5O2/c27-18-4-1-16(2-5-18)13-24-32-33-25(35-24)15-29-20-7-9-21(10-8-20)30-26(34)23-11-3-17-14-19(28)6-12-22(17)31-23/h1-6,11-12,14,20-21,29H,7-10,13,15H2,(H,30,34)/t20-,21-. The molecule has 1 amide bonds. The van der Waals surface area contributed by atoms with Crippen LogP contribution in [-0.4, -0.2) is 33.2 Å². The summed E-state index contributed by atoms with van der Waals surface area (Å²) in [6.07, 6.45) is 4.30. The normalized spacial score (nSPS) is 18.0. The topological polar surface area (TPSA) is 92.9 Å². The van der Waals surface area contributed by atoms with Gasteiger partial charge in [0.05, 0.1) is 18.5 Å². The van der Waals surface area contributed by atoms with Crippen LogP contribution in [0.1, 0.15) is 53.5 Å². The molecule has 2 aromatic heterocycles. The lowest BCUT2D eigenvalue weighted by Crippen LogP contribution is -2.42. The number of nitrogens with zero attached hydrogens (tertiary/aromatic N) is 3. The van der Waals surface area contributed by atoms with Crippen LogP contribution in [0.2, 0.25) is 10.0 Å². The molecule has 2 aromatic carbocycles. The summed E-state index contributed by atoms with van der Waals surface area (Å²) in [4.78, 5) is 17.2. The Balaban J connectivity index is 1.07. The molecule has 0 saturated heterocycles. The zero-order valence-corrected chi connectivity index (χ0v) is 20.5. The third kappa shape index (κ3) is 6.17. The highest BCUT2D eigenvalue weighted by atomic mass is 35.5. The first-order chi connectivity index (χ1) is 17.0. The van der Waals surface area contributed by atoms with Crippen LogP contribution >= 0.6 is 23.2 Å². The predicted molar refractivity (Wildman–Crippen MR) is 136 cm³/mol. The van der Waals surface area contributed by atoms with Crippen LogP contribution in [0.15, 0.2) is 59.0 Å². The van der Waals surface area contributed by atoms with Crippen LogP contribution in [0.3, 0.4) is 0 Å². The Morgan fingerprint density at radius 3 is 2.40 bits per heavy atom. The average Bonchev–Trinajstić information content (AvgIpc) is 3.32. The van der Waals surface area contributed by atoms with Gasteiger partial charge in [-0.1, -0.05) is 41.4 Å². The van der Waals surface area contributed by atoms with Crippen molar-refractivity contribution in [3.05, 3.63) is 87.7 Å². The van der Waals surface area contributed by atoms with Gasteiger partial charge >= 0.3 is 0 Å². The Morgan fingerprint density at radius 1 is 0.886 bits per heavy atom. The van der Waals surface area contributed by atoms with Crippen molar-refractivity contribution in [3.63, 3.8) is 0 Å². The van der Waals surface area contributed by atoms with E-state index in [1.807, 2.05) is 42.5 Å². The van der Waals surface area contributed by atoms with Crippen LogP contribution in [0.4, 0.5) is 0 Å². The lowest BCUT2D eigenvalue weighted by atomic mass is 9.91. The van der Waals surface area contributed by atoms with Gasteiger partial charge in [-0.25, -0.2) is 4.98 Å². The fourth-order valence-electron chi connectivity index (χ4n) is 4.36. The summed E-state index contributed by atoms with van der Waals surface area (Å²) in [5, 5.41) is 17.2. The number of benzene rings is 2. The lowest BCUT2D eigenvalue weighted by Gasteiger charge is -2.29. The predicted octanol–water partition coefficient (Wildman–Crippen LogP) is 5.35. The number of pyridine rings is 1. The molecule has 1 aliphatic rings. The van der Waals surface area contributed by atoms with Crippen LogP contribution in [0.25, 0.3) is 10.9 Å². The highest BCUT2D eigenvalue weighted by molar-refractivity contribution is 6.31. The number of hydrogen-bond acceptors (Lipinski definition) is 6. The molecule has 1 saturated carbocycles. The van der Waals surface area contributed by atoms with Gasteiger partial charge in [0.15, 0.2) is 0 Å². The largest absolute Gasteiger partial charge is 0.424 e. The SMILES string of the molecule is O=C(N[C@H]1CC[C@H](NCc2nnc(Cc3ccc(Cl)cc3)o2)CC1)c1ccc2cc(Cl)ccc2n1. The summed E-state index contributed by atoms with van der Waals surface area (Å²) in [5.41, 5.74) is 2.25. The van der Waals surface area contributed by atoms with E-state index in [0.717, 1.165) is 42.1 Å². The van der Waals surface area contributed by atoms with Crippen molar-refractivity contribution >= 4 is 40.0 Å². The van der Waals surface area contributed by atoms with Gasteiger partial charge in [0, 0.05) is 27.5 Å². The van der Waals surface area contributed by atoms with E-state index in [1.165, 1.54) is 0 Å². The molecule has 180 valence electrons. The zero-order chi connectivity index (χ0) is 24.2. The molecule has 9 heteroatoms. The second-order valence-electron chi connectivity index (χ2n) is 8.83. The molecule has 7 nitrogen and oxygen atoms in total. The lowest BCUT2D eigenvalue weighted by molar-refractivity contribution is 0.0919. The molecule has 0 radical (unpaired) electrons. The first-order valence-electron chi connectivity index (χ1n) is 11.7. The number of amides is 1. The van der Waals surface area contributed by atoms with Crippen LogP contribution < -0.4 is 10.6 Å². The zero-order valence-electron chi connectivity index (χ0n) is 19.0. The number of fused-ring (bicyclic) bond motifs is 1. The molecule has 35 heavy (non-hydrogen) atoms. The fraction of sp³-hybridized carbons (Fsp3) is 0.308. The second-order valence-corrected chi connectivity index (χ2v) is 9.70. The molecule has 0 bridgehead atoms. The Kier molecular flexibility index (Phi) is 7.27. The number of aromatic nitrogens is 3. The molecule has 2 N–H and O–H groups in total. The van der Waals surface area contributed by atoms with Crippen molar-refractivity contribution in [1.82, 2.24) is 25.8 Å². The molecular weight excluding hydrogens is 485 g/mol. The van der Waals surface area contributed by atoms with Crippen molar-refractivity contribution in [2.75, 3.05) is 0 Å². The smallest absolute Gasteiger partial charge is 0.270 e. The Morgan fingerprint density at radius 2 is 1.60 bits per heavy atom. The number of hydrogen-bond donors (Lipinski definition) is 2. The molecule has 5 rings (SSSR count). The van der Waals surface area contributed by atoms with E-state index in [1.54, 1.807) is 12.1 Å². The van der Waals surface area contributed by atoms with Gasteiger partial charge in [-0.15, -0.1) is 10.2 Å². The summed E-state index contributed by atoms with van der Waals surface area (Å²) >= 11 is 12.0. The minimum absolute atomic E-state index is 0.137. The molecule has 0 atom stereocenters. The third-order valence-electron chi connectivity index (χ3n) is 6.27. The van der Waals surface area contributed by atoms with Gasteiger partial charge in [-0.05, 0) is 67.6 Å². The van der Waals surface area contributed by atoms with Crippen molar-refractivity contribution in [3.8, 4) is 0 Å². The highest BCUT2D eigenvalue weighted by Crippen LogP contribution is 2.21. The maximum atomic E-state index is 12.7. The molecule has 2 heterocycles. The van der Waals surface area contributed by atoms with Gasteiger partial charge in [0.1, 0.15) is 5.69 Å². The maximum Gasteiger partial charge on any atom is 0.270 e. The molecule has 0 aliphatic heterocycles. The maximum absolute atomic E-state index is 12.7. The van der Waals surface area contributed by atoms with E-state index >= 15 is 0 Å². The van der Waals surface area contributed by atoms with Gasteiger partial charge < -0.3 is 15.1 Å². The second kappa shape index (κ2) is 10.7. The monoisotopic (exact) mass is 509 g/mol. The summed E-state index contributed by atoms with van der Waals surface area (Å²) in [6.45, 7) is 0.528. The number of nitrogens with one attached hydrogen (secondary N) is 2.